The SMILES string of the molecule is C#CCNC(=O)c1ccc(Br)cn1. The van der Waals surface area contributed by atoms with Gasteiger partial charge in [0.2, 0.25) is 0 Å². The zero-order chi connectivity index (χ0) is 9.68. The Bertz CT molecular complexity index is 340. The summed E-state index contributed by atoms with van der Waals surface area (Å²) >= 11 is 3.22. The third-order valence-corrected chi connectivity index (χ3v) is 1.78. The summed E-state index contributed by atoms with van der Waals surface area (Å²) in [4.78, 5) is 15.1. The second-order valence-electron chi connectivity index (χ2n) is 2.25. The highest BCUT2D eigenvalue weighted by Crippen LogP contribution is 2.06. The van der Waals surface area contributed by atoms with Crippen molar-refractivity contribution in [1.82, 2.24) is 10.3 Å². The summed E-state index contributed by atoms with van der Waals surface area (Å²) in [5.74, 6) is 2.05. The second-order valence-corrected chi connectivity index (χ2v) is 3.16. The number of aromatic nitrogens is 1. The summed E-state index contributed by atoms with van der Waals surface area (Å²) < 4.78 is 0.834. The third-order valence-electron chi connectivity index (χ3n) is 1.31. The Morgan fingerprint density at radius 1 is 1.69 bits per heavy atom. The van der Waals surface area contributed by atoms with Crippen LogP contribution in [0.4, 0.5) is 0 Å². The molecule has 0 radical (unpaired) electrons. The third kappa shape index (κ3) is 2.88. The highest BCUT2D eigenvalue weighted by molar-refractivity contribution is 9.10. The molecule has 1 aromatic rings. The van der Waals surface area contributed by atoms with E-state index in [1.807, 2.05) is 0 Å². The molecule has 0 aromatic carbocycles. The van der Waals surface area contributed by atoms with Crippen LogP contribution in [0.25, 0.3) is 0 Å². The summed E-state index contributed by atoms with van der Waals surface area (Å²) in [6.45, 7) is 0.219. The minimum atomic E-state index is -0.259. The molecule has 0 atom stereocenters. The van der Waals surface area contributed by atoms with Crippen molar-refractivity contribution in [2.24, 2.45) is 0 Å². The Kier molecular flexibility index (Phi) is 3.47. The van der Waals surface area contributed by atoms with E-state index in [-0.39, 0.29) is 12.5 Å². The van der Waals surface area contributed by atoms with Crippen molar-refractivity contribution in [1.29, 1.82) is 0 Å². The minimum Gasteiger partial charge on any atom is -0.340 e. The predicted octanol–water partition coefficient (Wildman–Crippen LogP) is 1.21. The molecule has 0 aliphatic rings. The predicted molar refractivity (Wildman–Crippen MR) is 53.1 cm³/mol. The summed E-state index contributed by atoms with van der Waals surface area (Å²) in [6.07, 6.45) is 6.55. The molecule has 1 amide bonds. The van der Waals surface area contributed by atoms with E-state index in [1.165, 1.54) is 0 Å². The zero-order valence-electron chi connectivity index (χ0n) is 6.75. The molecule has 4 heteroatoms. The first-order chi connectivity index (χ1) is 6.24. The summed E-state index contributed by atoms with van der Waals surface area (Å²) in [5, 5.41) is 2.52. The number of terminal acetylenes is 1. The number of hydrogen-bond acceptors (Lipinski definition) is 2. The molecule has 0 bridgehead atoms. The van der Waals surface area contributed by atoms with Crippen molar-refractivity contribution in [3.63, 3.8) is 0 Å². The Morgan fingerprint density at radius 2 is 2.46 bits per heavy atom. The molecular formula is C9H7BrN2O. The van der Waals surface area contributed by atoms with Crippen LogP contribution in [0.5, 0.6) is 0 Å². The Labute approximate surface area is 84.7 Å². The smallest absolute Gasteiger partial charge is 0.270 e. The molecule has 1 rings (SSSR count). The number of rotatable bonds is 2. The van der Waals surface area contributed by atoms with Crippen LogP contribution >= 0.6 is 15.9 Å². The van der Waals surface area contributed by atoms with Gasteiger partial charge in [0.25, 0.3) is 5.91 Å². The van der Waals surface area contributed by atoms with Crippen LogP contribution in [0, 0.1) is 12.3 Å². The molecule has 0 aliphatic heterocycles. The van der Waals surface area contributed by atoms with Crippen molar-refractivity contribution >= 4 is 21.8 Å². The first-order valence-electron chi connectivity index (χ1n) is 3.57. The van der Waals surface area contributed by atoms with Gasteiger partial charge in [0, 0.05) is 10.7 Å². The Balaban J connectivity index is 2.68. The first-order valence-corrected chi connectivity index (χ1v) is 4.36. The van der Waals surface area contributed by atoms with Gasteiger partial charge < -0.3 is 5.32 Å². The maximum atomic E-state index is 11.2. The van der Waals surface area contributed by atoms with E-state index in [9.17, 15) is 4.79 Å². The van der Waals surface area contributed by atoms with Crippen LogP contribution in [0.3, 0.4) is 0 Å². The standard InChI is InChI=1S/C9H7BrN2O/c1-2-5-11-9(13)8-4-3-7(10)6-12-8/h1,3-4,6H,5H2,(H,11,13). The number of carbonyl (C=O) groups is 1. The van der Waals surface area contributed by atoms with Crippen LogP contribution in [0.15, 0.2) is 22.8 Å². The van der Waals surface area contributed by atoms with Gasteiger partial charge in [-0.2, -0.15) is 0 Å². The molecule has 3 nitrogen and oxygen atoms in total. The number of hydrogen-bond donors (Lipinski definition) is 1. The zero-order valence-corrected chi connectivity index (χ0v) is 8.34. The van der Waals surface area contributed by atoms with Gasteiger partial charge in [-0.3, -0.25) is 4.79 Å². The number of halogens is 1. The molecular weight excluding hydrogens is 232 g/mol. The highest BCUT2D eigenvalue weighted by atomic mass is 79.9. The summed E-state index contributed by atoms with van der Waals surface area (Å²) in [7, 11) is 0. The highest BCUT2D eigenvalue weighted by Gasteiger charge is 2.04. The number of pyridine rings is 1. The molecule has 0 saturated heterocycles. The maximum Gasteiger partial charge on any atom is 0.270 e. The van der Waals surface area contributed by atoms with Crippen LogP contribution in [-0.2, 0) is 0 Å². The second kappa shape index (κ2) is 4.63. The van der Waals surface area contributed by atoms with Crippen LogP contribution < -0.4 is 5.32 Å². The molecule has 0 spiro atoms. The van der Waals surface area contributed by atoms with Crippen molar-refractivity contribution < 1.29 is 4.79 Å². The Hall–Kier alpha value is -1.34. The van der Waals surface area contributed by atoms with Crippen molar-refractivity contribution in [2.45, 2.75) is 0 Å². The van der Waals surface area contributed by atoms with E-state index in [4.69, 9.17) is 6.42 Å². The first kappa shape index (κ1) is 9.75. The lowest BCUT2D eigenvalue weighted by molar-refractivity contribution is 0.0954. The fraction of sp³-hybridized carbons (Fsp3) is 0.111. The number of nitrogens with one attached hydrogen (secondary N) is 1. The van der Waals surface area contributed by atoms with E-state index in [2.05, 4.69) is 32.2 Å². The molecule has 13 heavy (non-hydrogen) atoms. The topological polar surface area (TPSA) is 42.0 Å². The van der Waals surface area contributed by atoms with Gasteiger partial charge in [-0.25, -0.2) is 4.98 Å². The molecule has 0 saturated carbocycles. The summed E-state index contributed by atoms with van der Waals surface area (Å²) in [6, 6.07) is 3.37. The average molecular weight is 239 g/mol. The van der Waals surface area contributed by atoms with E-state index in [0.29, 0.717) is 5.69 Å². The van der Waals surface area contributed by atoms with Gasteiger partial charge in [0.05, 0.1) is 6.54 Å². The quantitative estimate of drug-likeness (QED) is 0.788. The molecule has 1 N–H and O–H groups in total. The lowest BCUT2D eigenvalue weighted by Crippen LogP contribution is -2.24. The number of nitrogens with zero attached hydrogens (tertiary/aromatic N) is 1. The van der Waals surface area contributed by atoms with Crippen molar-refractivity contribution in [3.8, 4) is 12.3 Å². The van der Waals surface area contributed by atoms with Crippen molar-refractivity contribution in [2.75, 3.05) is 6.54 Å². The molecule has 66 valence electrons. The number of amides is 1. The molecule has 1 heterocycles. The van der Waals surface area contributed by atoms with Gasteiger partial charge in [0.15, 0.2) is 0 Å². The fourth-order valence-electron chi connectivity index (χ4n) is 0.732. The van der Waals surface area contributed by atoms with E-state index >= 15 is 0 Å². The average Bonchev–Trinajstić information content (AvgIpc) is 2.15. The van der Waals surface area contributed by atoms with Gasteiger partial charge >= 0.3 is 0 Å². The van der Waals surface area contributed by atoms with Crippen LogP contribution in [0.2, 0.25) is 0 Å². The normalized spacial score (nSPS) is 8.92. The lowest BCUT2D eigenvalue weighted by Gasteiger charge is -1.99. The lowest BCUT2D eigenvalue weighted by atomic mass is 10.3. The maximum absolute atomic E-state index is 11.2. The Morgan fingerprint density at radius 3 is 3.00 bits per heavy atom. The van der Waals surface area contributed by atoms with Gasteiger partial charge in [-0.15, -0.1) is 6.42 Å². The number of carbonyl (C=O) groups excluding carboxylic acids is 1. The largest absolute Gasteiger partial charge is 0.340 e. The molecule has 0 unspecified atom stereocenters. The van der Waals surface area contributed by atoms with Gasteiger partial charge in [-0.1, -0.05) is 5.92 Å². The van der Waals surface area contributed by atoms with E-state index in [1.54, 1.807) is 18.3 Å². The van der Waals surface area contributed by atoms with Gasteiger partial charge in [-0.05, 0) is 28.1 Å². The van der Waals surface area contributed by atoms with E-state index < -0.39 is 0 Å². The van der Waals surface area contributed by atoms with Crippen LogP contribution in [-0.4, -0.2) is 17.4 Å². The van der Waals surface area contributed by atoms with E-state index in [0.717, 1.165) is 4.47 Å². The molecule has 0 aliphatic carbocycles. The minimum absolute atomic E-state index is 0.219. The molecule has 1 aromatic heterocycles. The van der Waals surface area contributed by atoms with Crippen LogP contribution in [0.1, 0.15) is 10.5 Å². The van der Waals surface area contributed by atoms with Gasteiger partial charge in [0.1, 0.15) is 5.69 Å². The fourth-order valence-corrected chi connectivity index (χ4v) is 0.967. The monoisotopic (exact) mass is 238 g/mol. The van der Waals surface area contributed by atoms with Crippen molar-refractivity contribution in [3.05, 3.63) is 28.5 Å². The summed E-state index contributed by atoms with van der Waals surface area (Å²) in [5.41, 5.74) is 0.360. The molecule has 0 fully saturated rings.